The van der Waals surface area contributed by atoms with Crippen molar-refractivity contribution in [1.82, 2.24) is 0 Å². The summed E-state index contributed by atoms with van der Waals surface area (Å²) in [6.45, 7) is -0.227. The number of amides is 1. The van der Waals surface area contributed by atoms with Crippen LogP contribution in [0.5, 0.6) is 11.5 Å². The average molecular weight is 340 g/mol. The molecule has 0 aliphatic carbocycles. The van der Waals surface area contributed by atoms with Gasteiger partial charge in [-0.2, -0.15) is 0 Å². The van der Waals surface area contributed by atoms with Crippen LogP contribution in [0.3, 0.4) is 0 Å². The van der Waals surface area contributed by atoms with E-state index in [2.05, 4.69) is 15.4 Å². The summed E-state index contributed by atoms with van der Waals surface area (Å²) < 4.78 is 46.0. The lowest BCUT2D eigenvalue weighted by Gasteiger charge is -2.14. The number of carbonyl (C=O) groups excluding carboxylic acids is 1. The Morgan fingerprint density at radius 2 is 1.88 bits per heavy atom. The van der Waals surface area contributed by atoms with Crippen molar-refractivity contribution in [2.45, 2.75) is 6.36 Å². The Hall–Kier alpha value is -2.90. The van der Waals surface area contributed by atoms with Crippen molar-refractivity contribution in [3.63, 3.8) is 0 Å². The fourth-order valence-electron chi connectivity index (χ4n) is 1.91. The molecule has 0 radical (unpaired) electrons. The highest BCUT2D eigenvalue weighted by Crippen LogP contribution is 2.29. The molecule has 0 spiro atoms. The summed E-state index contributed by atoms with van der Waals surface area (Å²) >= 11 is 0. The first kappa shape index (κ1) is 17.5. The Morgan fingerprint density at radius 3 is 2.58 bits per heavy atom. The Bertz CT molecular complexity index is 705. The number of para-hydroxylation sites is 2. The highest BCUT2D eigenvalue weighted by atomic mass is 19.4. The molecule has 0 aliphatic heterocycles. The molecule has 0 atom stereocenters. The standard InChI is InChI=1S/C16H15F3N2O3/c1-23-12-6-4-5-11(9-12)21-15(22)10-20-13-7-2-3-8-14(13)24-16(17,18)19/h2-9,20H,10H2,1H3,(H,21,22). The molecular formula is C16H15F3N2O3. The van der Waals surface area contributed by atoms with Crippen LogP contribution in [-0.4, -0.2) is 25.9 Å². The molecule has 1 amide bonds. The quantitative estimate of drug-likeness (QED) is 0.843. The summed E-state index contributed by atoms with van der Waals surface area (Å²) in [5.74, 6) is -0.256. The molecule has 0 aliphatic rings. The SMILES string of the molecule is COc1cccc(NC(=O)CNc2ccccc2OC(F)(F)F)c1. The molecular weight excluding hydrogens is 325 g/mol. The molecule has 128 valence electrons. The molecule has 0 fully saturated rings. The number of carbonyl (C=O) groups is 1. The first-order chi connectivity index (χ1) is 11.4. The number of rotatable bonds is 6. The largest absolute Gasteiger partial charge is 0.573 e. The van der Waals surface area contributed by atoms with Crippen LogP contribution in [-0.2, 0) is 4.79 Å². The molecule has 0 bridgehead atoms. The number of hydrogen-bond acceptors (Lipinski definition) is 4. The molecule has 0 saturated carbocycles. The molecule has 2 rings (SSSR count). The van der Waals surface area contributed by atoms with Gasteiger partial charge in [0.05, 0.1) is 19.3 Å². The summed E-state index contributed by atoms with van der Waals surface area (Å²) in [6, 6.07) is 12.2. The lowest BCUT2D eigenvalue weighted by Crippen LogP contribution is -2.23. The van der Waals surface area contributed by atoms with Crippen LogP contribution in [0.15, 0.2) is 48.5 Å². The minimum atomic E-state index is -4.80. The van der Waals surface area contributed by atoms with E-state index in [0.717, 1.165) is 6.07 Å². The minimum absolute atomic E-state index is 0.0654. The molecule has 0 unspecified atom stereocenters. The number of benzene rings is 2. The van der Waals surface area contributed by atoms with E-state index >= 15 is 0 Å². The Labute approximate surface area is 136 Å². The van der Waals surface area contributed by atoms with E-state index in [0.29, 0.717) is 11.4 Å². The van der Waals surface area contributed by atoms with Crippen LogP contribution in [0, 0.1) is 0 Å². The van der Waals surface area contributed by atoms with Crippen molar-refractivity contribution in [1.29, 1.82) is 0 Å². The van der Waals surface area contributed by atoms with Gasteiger partial charge < -0.3 is 20.1 Å². The highest BCUT2D eigenvalue weighted by Gasteiger charge is 2.32. The van der Waals surface area contributed by atoms with Crippen LogP contribution in [0.4, 0.5) is 24.5 Å². The van der Waals surface area contributed by atoms with Gasteiger partial charge in [-0.25, -0.2) is 0 Å². The van der Waals surface area contributed by atoms with Gasteiger partial charge in [0.2, 0.25) is 5.91 Å². The second kappa shape index (κ2) is 7.58. The van der Waals surface area contributed by atoms with Gasteiger partial charge >= 0.3 is 6.36 Å². The second-order valence-electron chi connectivity index (χ2n) is 4.68. The Morgan fingerprint density at radius 1 is 1.12 bits per heavy atom. The number of nitrogens with one attached hydrogen (secondary N) is 2. The van der Waals surface area contributed by atoms with Crippen LogP contribution < -0.4 is 20.1 Å². The zero-order valence-electron chi connectivity index (χ0n) is 12.7. The topological polar surface area (TPSA) is 59.6 Å². The van der Waals surface area contributed by atoms with Crippen molar-refractivity contribution >= 4 is 17.3 Å². The number of halogens is 3. The van der Waals surface area contributed by atoms with E-state index < -0.39 is 18.0 Å². The van der Waals surface area contributed by atoms with Gasteiger partial charge in [-0.15, -0.1) is 13.2 Å². The Balaban J connectivity index is 1.96. The zero-order chi connectivity index (χ0) is 17.6. The summed E-state index contributed by atoms with van der Waals surface area (Å²) in [6.07, 6.45) is -4.80. The van der Waals surface area contributed by atoms with Gasteiger partial charge in [0.1, 0.15) is 5.75 Å². The van der Waals surface area contributed by atoms with E-state index in [9.17, 15) is 18.0 Å². The van der Waals surface area contributed by atoms with Crippen LogP contribution in [0.25, 0.3) is 0 Å². The number of alkyl halides is 3. The van der Waals surface area contributed by atoms with E-state index in [-0.39, 0.29) is 12.2 Å². The van der Waals surface area contributed by atoms with E-state index in [1.54, 1.807) is 24.3 Å². The second-order valence-corrected chi connectivity index (χ2v) is 4.68. The lowest BCUT2D eigenvalue weighted by atomic mass is 10.3. The maximum Gasteiger partial charge on any atom is 0.573 e. The third-order valence-electron chi connectivity index (χ3n) is 2.91. The summed E-state index contributed by atoms with van der Waals surface area (Å²) in [7, 11) is 1.50. The number of hydrogen-bond donors (Lipinski definition) is 2. The summed E-state index contributed by atoms with van der Waals surface area (Å²) in [4.78, 5) is 11.9. The zero-order valence-corrected chi connectivity index (χ0v) is 12.7. The van der Waals surface area contributed by atoms with Crippen molar-refractivity contribution in [2.24, 2.45) is 0 Å². The predicted octanol–water partition coefficient (Wildman–Crippen LogP) is 3.64. The first-order valence-corrected chi connectivity index (χ1v) is 6.90. The smallest absolute Gasteiger partial charge is 0.497 e. The highest BCUT2D eigenvalue weighted by molar-refractivity contribution is 5.94. The number of methoxy groups -OCH3 is 1. The van der Waals surface area contributed by atoms with Crippen LogP contribution >= 0.6 is 0 Å². The van der Waals surface area contributed by atoms with Crippen molar-refractivity contribution < 1.29 is 27.4 Å². The normalized spacial score (nSPS) is 10.8. The van der Waals surface area contributed by atoms with Gasteiger partial charge in [-0.1, -0.05) is 18.2 Å². The van der Waals surface area contributed by atoms with E-state index in [4.69, 9.17) is 4.74 Å². The van der Waals surface area contributed by atoms with Crippen LogP contribution in [0.1, 0.15) is 0 Å². The molecule has 8 heteroatoms. The van der Waals surface area contributed by atoms with Crippen molar-refractivity contribution in [3.8, 4) is 11.5 Å². The summed E-state index contributed by atoms with van der Waals surface area (Å²) in [5.41, 5.74) is 0.580. The first-order valence-electron chi connectivity index (χ1n) is 6.90. The maximum absolute atomic E-state index is 12.3. The summed E-state index contributed by atoms with van der Waals surface area (Å²) in [5, 5.41) is 5.23. The van der Waals surface area contributed by atoms with Crippen molar-refractivity contribution in [2.75, 3.05) is 24.3 Å². The molecule has 0 aromatic heterocycles. The fourth-order valence-corrected chi connectivity index (χ4v) is 1.91. The lowest BCUT2D eigenvalue weighted by molar-refractivity contribution is -0.274. The van der Waals surface area contributed by atoms with Gasteiger partial charge in [-0.3, -0.25) is 4.79 Å². The van der Waals surface area contributed by atoms with Gasteiger partial charge in [0, 0.05) is 11.8 Å². The molecule has 2 aromatic rings. The third-order valence-corrected chi connectivity index (χ3v) is 2.91. The van der Waals surface area contributed by atoms with E-state index in [1.165, 1.54) is 25.3 Å². The minimum Gasteiger partial charge on any atom is -0.497 e. The maximum atomic E-state index is 12.3. The van der Waals surface area contributed by atoms with E-state index in [1.807, 2.05) is 0 Å². The van der Waals surface area contributed by atoms with Gasteiger partial charge in [0.15, 0.2) is 5.75 Å². The molecule has 0 heterocycles. The van der Waals surface area contributed by atoms with Gasteiger partial charge in [-0.05, 0) is 24.3 Å². The predicted molar refractivity (Wildman–Crippen MR) is 83.2 cm³/mol. The molecule has 2 N–H and O–H groups in total. The average Bonchev–Trinajstić information content (AvgIpc) is 2.53. The van der Waals surface area contributed by atoms with Gasteiger partial charge in [0.25, 0.3) is 0 Å². The van der Waals surface area contributed by atoms with Crippen molar-refractivity contribution in [3.05, 3.63) is 48.5 Å². The molecule has 5 nitrogen and oxygen atoms in total. The Kier molecular flexibility index (Phi) is 5.51. The molecule has 0 saturated heterocycles. The monoisotopic (exact) mass is 340 g/mol. The fraction of sp³-hybridized carbons (Fsp3) is 0.188. The number of ether oxygens (including phenoxy) is 2. The molecule has 2 aromatic carbocycles. The number of anilines is 2. The van der Waals surface area contributed by atoms with Crippen LogP contribution in [0.2, 0.25) is 0 Å². The molecule has 24 heavy (non-hydrogen) atoms. The third kappa shape index (κ3) is 5.38.